The van der Waals surface area contributed by atoms with Crippen LogP contribution < -0.4 is 5.32 Å². The minimum atomic E-state index is -0.0547. The van der Waals surface area contributed by atoms with Crippen LogP contribution in [0.25, 0.3) is 0 Å². The number of hydrogen-bond donors (Lipinski definition) is 1. The molecule has 1 aliphatic rings. The average Bonchev–Trinajstić information content (AvgIpc) is 3.19. The molecule has 1 aliphatic heterocycles. The summed E-state index contributed by atoms with van der Waals surface area (Å²) < 4.78 is 0. The molecule has 138 valence electrons. The smallest absolute Gasteiger partial charge is 0.233 e. The van der Waals surface area contributed by atoms with Gasteiger partial charge in [0, 0.05) is 18.8 Å². The topological polar surface area (TPSA) is 32.3 Å². The molecule has 26 heavy (non-hydrogen) atoms. The van der Waals surface area contributed by atoms with E-state index in [0.717, 1.165) is 12.3 Å². The predicted molar refractivity (Wildman–Crippen MR) is 110 cm³/mol. The maximum atomic E-state index is 12.5. The van der Waals surface area contributed by atoms with E-state index in [1.807, 2.05) is 25.1 Å². The van der Waals surface area contributed by atoms with Crippen molar-refractivity contribution < 1.29 is 4.79 Å². The van der Waals surface area contributed by atoms with Crippen LogP contribution in [0.15, 0.2) is 54.6 Å². The molecule has 1 atom stereocenters. The van der Waals surface area contributed by atoms with Crippen molar-refractivity contribution in [1.29, 1.82) is 0 Å². The standard InChI is InChI=1S/C22H28N2OS/c1-18(26-17-19-9-3-2-4-10-19)22(25)23-15-20-11-5-6-12-21(20)16-24-13-7-8-14-24/h2-6,9-12,18H,7-8,13-17H2,1H3,(H,23,25)/t18-/m1/s1. The van der Waals surface area contributed by atoms with Gasteiger partial charge in [-0.1, -0.05) is 54.6 Å². The Hall–Kier alpha value is -1.78. The number of carbonyl (C=O) groups is 1. The normalized spacial score (nSPS) is 15.7. The summed E-state index contributed by atoms with van der Waals surface area (Å²) in [5.74, 6) is 0.975. The van der Waals surface area contributed by atoms with E-state index in [0.29, 0.717) is 6.54 Å². The molecule has 0 aromatic heterocycles. The fourth-order valence-corrected chi connectivity index (χ4v) is 4.13. The van der Waals surface area contributed by atoms with E-state index >= 15 is 0 Å². The molecule has 2 aromatic carbocycles. The lowest BCUT2D eigenvalue weighted by molar-refractivity contribution is -0.120. The zero-order chi connectivity index (χ0) is 18.2. The van der Waals surface area contributed by atoms with Crippen molar-refractivity contribution in [2.75, 3.05) is 13.1 Å². The maximum Gasteiger partial charge on any atom is 0.233 e. The summed E-state index contributed by atoms with van der Waals surface area (Å²) in [6, 6.07) is 18.8. The lowest BCUT2D eigenvalue weighted by Gasteiger charge is -2.18. The van der Waals surface area contributed by atoms with E-state index in [-0.39, 0.29) is 11.2 Å². The van der Waals surface area contributed by atoms with Crippen LogP contribution in [-0.2, 0) is 23.6 Å². The van der Waals surface area contributed by atoms with Crippen molar-refractivity contribution in [3.05, 3.63) is 71.3 Å². The Kier molecular flexibility index (Phi) is 7.15. The Labute approximate surface area is 161 Å². The molecule has 0 bridgehead atoms. The lowest BCUT2D eigenvalue weighted by Crippen LogP contribution is -2.31. The molecule has 3 rings (SSSR count). The molecule has 1 heterocycles. The number of likely N-dealkylation sites (tertiary alicyclic amines) is 1. The predicted octanol–water partition coefficient (Wildman–Crippen LogP) is 4.22. The fourth-order valence-electron chi connectivity index (χ4n) is 3.26. The first-order valence-electron chi connectivity index (χ1n) is 9.45. The zero-order valence-electron chi connectivity index (χ0n) is 15.5. The highest BCUT2D eigenvalue weighted by Gasteiger charge is 2.16. The van der Waals surface area contributed by atoms with Crippen molar-refractivity contribution in [2.24, 2.45) is 0 Å². The summed E-state index contributed by atoms with van der Waals surface area (Å²) in [5.41, 5.74) is 3.82. The zero-order valence-corrected chi connectivity index (χ0v) is 16.3. The fraction of sp³-hybridized carbons (Fsp3) is 0.409. The van der Waals surface area contributed by atoms with Gasteiger partial charge in [0.1, 0.15) is 0 Å². The lowest BCUT2D eigenvalue weighted by atomic mass is 10.1. The van der Waals surface area contributed by atoms with Crippen LogP contribution >= 0.6 is 11.8 Å². The van der Waals surface area contributed by atoms with Gasteiger partial charge in [-0.05, 0) is 49.5 Å². The Bertz CT molecular complexity index is 698. The molecule has 3 nitrogen and oxygen atoms in total. The van der Waals surface area contributed by atoms with Gasteiger partial charge in [0.05, 0.1) is 5.25 Å². The summed E-state index contributed by atoms with van der Waals surface area (Å²) in [6.45, 7) is 5.96. The van der Waals surface area contributed by atoms with Crippen molar-refractivity contribution in [3.8, 4) is 0 Å². The monoisotopic (exact) mass is 368 g/mol. The minimum absolute atomic E-state index is 0.0547. The number of nitrogens with one attached hydrogen (secondary N) is 1. The van der Waals surface area contributed by atoms with Crippen LogP contribution in [0.2, 0.25) is 0 Å². The maximum absolute atomic E-state index is 12.5. The van der Waals surface area contributed by atoms with E-state index in [9.17, 15) is 4.79 Å². The number of nitrogens with zero attached hydrogens (tertiary/aromatic N) is 1. The van der Waals surface area contributed by atoms with Gasteiger partial charge >= 0.3 is 0 Å². The van der Waals surface area contributed by atoms with Crippen molar-refractivity contribution in [1.82, 2.24) is 10.2 Å². The average molecular weight is 369 g/mol. The highest BCUT2D eigenvalue weighted by atomic mass is 32.2. The first kappa shape index (κ1) is 19.0. The number of benzene rings is 2. The highest BCUT2D eigenvalue weighted by molar-refractivity contribution is 7.99. The van der Waals surface area contributed by atoms with Gasteiger partial charge in [0.25, 0.3) is 0 Å². The van der Waals surface area contributed by atoms with Gasteiger partial charge in [-0.2, -0.15) is 0 Å². The third-order valence-electron chi connectivity index (χ3n) is 4.88. The van der Waals surface area contributed by atoms with Gasteiger partial charge in [-0.25, -0.2) is 0 Å². The molecule has 1 saturated heterocycles. The van der Waals surface area contributed by atoms with Gasteiger partial charge in [0.2, 0.25) is 5.91 Å². The van der Waals surface area contributed by atoms with Crippen molar-refractivity contribution in [3.63, 3.8) is 0 Å². The summed E-state index contributed by atoms with van der Waals surface area (Å²) in [6.07, 6.45) is 2.60. The third kappa shape index (κ3) is 5.61. The molecule has 2 aromatic rings. The van der Waals surface area contributed by atoms with Gasteiger partial charge < -0.3 is 5.32 Å². The van der Waals surface area contributed by atoms with E-state index in [1.165, 1.54) is 42.6 Å². The Morgan fingerprint density at radius 1 is 1.04 bits per heavy atom. The van der Waals surface area contributed by atoms with E-state index in [1.54, 1.807) is 11.8 Å². The van der Waals surface area contributed by atoms with Crippen LogP contribution in [0, 0.1) is 0 Å². The summed E-state index contributed by atoms with van der Waals surface area (Å²) in [7, 11) is 0. The first-order chi connectivity index (χ1) is 12.7. The van der Waals surface area contributed by atoms with Crippen LogP contribution in [0.3, 0.4) is 0 Å². The number of rotatable bonds is 8. The molecule has 1 N–H and O–H groups in total. The minimum Gasteiger partial charge on any atom is -0.351 e. The summed E-state index contributed by atoms with van der Waals surface area (Å²) in [4.78, 5) is 15.0. The van der Waals surface area contributed by atoms with E-state index in [2.05, 4.69) is 46.6 Å². The summed E-state index contributed by atoms with van der Waals surface area (Å²) in [5, 5.41) is 3.07. The second kappa shape index (κ2) is 9.79. The van der Waals surface area contributed by atoms with Crippen LogP contribution in [-0.4, -0.2) is 29.1 Å². The summed E-state index contributed by atoms with van der Waals surface area (Å²) >= 11 is 1.68. The number of amides is 1. The van der Waals surface area contributed by atoms with E-state index in [4.69, 9.17) is 0 Å². The Morgan fingerprint density at radius 3 is 2.42 bits per heavy atom. The van der Waals surface area contributed by atoms with Crippen LogP contribution in [0.4, 0.5) is 0 Å². The molecule has 1 amide bonds. The quantitative estimate of drug-likeness (QED) is 0.757. The number of hydrogen-bond acceptors (Lipinski definition) is 3. The van der Waals surface area contributed by atoms with Gasteiger partial charge in [-0.15, -0.1) is 11.8 Å². The third-order valence-corrected chi connectivity index (χ3v) is 6.09. The molecule has 0 spiro atoms. The second-order valence-corrected chi connectivity index (χ2v) is 8.24. The molecule has 0 radical (unpaired) electrons. The van der Waals surface area contributed by atoms with Crippen LogP contribution in [0.5, 0.6) is 0 Å². The van der Waals surface area contributed by atoms with Gasteiger partial charge in [0.15, 0.2) is 0 Å². The molecular formula is C22H28N2OS. The van der Waals surface area contributed by atoms with Crippen molar-refractivity contribution >= 4 is 17.7 Å². The second-order valence-electron chi connectivity index (χ2n) is 6.91. The molecular weight excluding hydrogens is 340 g/mol. The largest absolute Gasteiger partial charge is 0.351 e. The van der Waals surface area contributed by atoms with Gasteiger partial charge in [-0.3, -0.25) is 9.69 Å². The Morgan fingerprint density at radius 2 is 1.69 bits per heavy atom. The SMILES string of the molecule is C[C@@H](SCc1ccccc1)C(=O)NCc1ccccc1CN1CCCC1. The van der Waals surface area contributed by atoms with Crippen molar-refractivity contribution in [2.45, 2.75) is 43.9 Å². The van der Waals surface area contributed by atoms with E-state index < -0.39 is 0 Å². The highest BCUT2D eigenvalue weighted by Crippen LogP contribution is 2.19. The Balaban J connectivity index is 1.49. The molecule has 0 aliphatic carbocycles. The molecule has 4 heteroatoms. The number of carbonyl (C=O) groups excluding carboxylic acids is 1. The first-order valence-corrected chi connectivity index (χ1v) is 10.5. The molecule has 0 saturated carbocycles. The number of thioether (sulfide) groups is 1. The molecule has 0 unspecified atom stereocenters. The van der Waals surface area contributed by atoms with Crippen LogP contribution in [0.1, 0.15) is 36.5 Å². The molecule has 1 fully saturated rings.